The van der Waals surface area contributed by atoms with Crippen molar-refractivity contribution in [2.24, 2.45) is 5.73 Å². The third-order valence-corrected chi connectivity index (χ3v) is 5.78. The highest BCUT2D eigenvalue weighted by atomic mass is 16.1. The highest BCUT2D eigenvalue weighted by molar-refractivity contribution is 5.98. The standard InChI is InChI=1S/C24H27N7O/c1-15(2)26-24(32)18-5-4-17-6-7-20(27-21(17)11-18)23-29-28-22-8-3-16(13-31(22)23)12-30-10-9-19(25)14-30/h3-8,11,13,15,19H,9-10,12,14,25H2,1-2H3,(H,26,32). The molecule has 1 atom stereocenters. The van der Waals surface area contributed by atoms with Crippen LogP contribution in [0, 0.1) is 0 Å². The fourth-order valence-electron chi connectivity index (χ4n) is 4.20. The molecular formula is C24H27N7O. The Labute approximate surface area is 186 Å². The number of hydrogen-bond acceptors (Lipinski definition) is 6. The molecule has 8 nitrogen and oxygen atoms in total. The summed E-state index contributed by atoms with van der Waals surface area (Å²) in [7, 11) is 0. The van der Waals surface area contributed by atoms with Gasteiger partial charge in [0.05, 0.1) is 5.52 Å². The number of pyridine rings is 2. The van der Waals surface area contributed by atoms with Crippen LogP contribution in [-0.2, 0) is 6.54 Å². The van der Waals surface area contributed by atoms with Crippen molar-refractivity contribution in [1.29, 1.82) is 0 Å². The van der Waals surface area contributed by atoms with Crippen LogP contribution < -0.4 is 11.1 Å². The van der Waals surface area contributed by atoms with Crippen molar-refractivity contribution in [1.82, 2.24) is 29.8 Å². The molecule has 1 aliphatic heterocycles. The molecule has 0 spiro atoms. The van der Waals surface area contributed by atoms with Crippen LogP contribution >= 0.6 is 0 Å². The molecule has 1 amide bonds. The Balaban J connectivity index is 1.48. The molecule has 0 bridgehead atoms. The number of benzene rings is 1. The summed E-state index contributed by atoms with van der Waals surface area (Å²) in [5.74, 6) is 0.576. The molecule has 4 aromatic rings. The summed E-state index contributed by atoms with van der Waals surface area (Å²) in [6.07, 6.45) is 3.12. The summed E-state index contributed by atoms with van der Waals surface area (Å²) < 4.78 is 1.98. The number of fused-ring (bicyclic) bond motifs is 2. The number of amides is 1. The van der Waals surface area contributed by atoms with E-state index in [9.17, 15) is 4.79 Å². The molecule has 32 heavy (non-hydrogen) atoms. The number of nitrogens with one attached hydrogen (secondary N) is 1. The van der Waals surface area contributed by atoms with E-state index in [0.29, 0.717) is 17.1 Å². The first kappa shape index (κ1) is 20.5. The van der Waals surface area contributed by atoms with Gasteiger partial charge in [-0.2, -0.15) is 0 Å². The first-order chi connectivity index (χ1) is 15.5. The van der Waals surface area contributed by atoms with Gasteiger partial charge in [0.1, 0.15) is 5.69 Å². The van der Waals surface area contributed by atoms with Gasteiger partial charge in [0, 0.05) is 48.9 Å². The lowest BCUT2D eigenvalue weighted by molar-refractivity contribution is 0.0943. The Kier molecular flexibility index (Phi) is 5.32. The fraction of sp³-hybridized carbons (Fsp3) is 0.333. The van der Waals surface area contributed by atoms with E-state index in [2.05, 4.69) is 32.7 Å². The molecule has 5 rings (SSSR count). The molecule has 3 N–H and O–H groups in total. The van der Waals surface area contributed by atoms with Gasteiger partial charge in [-0.05, 0) is 50.1 Å². The highest BCUT2D eigenvalue weighted by Crippen LogP contribution is 2.22. The van der Waals surface area contributed by atoms with Crippen LogP contribution in [0.2, 0.25) is 0 Å². The number of hydrogen-bond donors (Lipinski definition) is 2. The molecule has 3 aromatic heterocycles. The van der Waals surface area contributed by atoms with Crippen LogP contribution in [-0.4, -0.2) is 55.6 Å². The van der Waals surface area contributed by atoms with E-state index in [4.69, 9.17) is 10.7 Å². The van der Waals surface area contributed by atoms with Gasteiger partial charge in [-0.3, -0.25) is 14.1 Å². The molecule has 1 aliphatic rings. The van der Waals surface area contributed by atoms with Crippen molar-refractivity contribution >= 4 is 22.5 Å². The molecule has 0 aliphatic carbocycles. The molecule has 1 fully saturated rings. The molecule has 1 unspecified atom stereocenters. The van der Waals surface area contributed by atoms with E-state index in [1.807, 2.05) is 54.6 Å². The van der Waals surface area contributed by atoms with E-state index in [0.717, 1.165) is 42.6 Å². The van der Waals surface area contributed by atoms with E-state index in [1.54, 1.807) is 0 Å². The summed E-state index contributed by atoms with van der Waals surface area (Å²) in [5, 5.41) is 12.6. The second-order valence-corrected chi connectivity index (χ2v) is 8.81. The van der Waals surface area contributed by atoms with E-state index >= 15 is 0 Å². The van der Waals surface area contributed by atoms with Crippen LogP contribution in [0.5, 0.6) is 0 Å². The zero-order chi connectivity index (χ0) is 22.2. The predicted octanol–water partition coefficient (Wildman–Crippen LogP) is 2.62. The van der Waals surface area contributed by atoms with Crippen molar-refractivity contribution in [2.75, 3.05) is 13.1 Å². The highest BCUT2D eigenvalue weighted by Gasteiger charge is 2.19. The zero-order valence-corrected chi connectivity index (χ0v) is 18.3. The van der Waals surface area contributed by atoms with Gasteiger partial charge in [0.15, 0.2) is 11.5 Å². The number of carbonyl (C=O) groups is 1. The Bertz CT molecular complexity index is 1300. The van der Waals surface area contributed by atoms with Gasteiger partial charge < -0.3 is 11.1 Å². The second-order valence-electron chi connectivity index (χ2n) is 8.81. The molecule has 1 aromatic carbocycles. The van der Waals surface area contributed by atoms with Crippen molar-refractivity contribution in [3.05, 3.63) is 59.8 Å². The summed E-state index contributed by atoms with van der Waals surface area (Å²) in [4.78, 5) is 19.6. The average Bonchev–Trinajstić information content (AvgIpc) is 3.38. The lowest BCUT2D eigenvalue weighted by Gasteiger charge is -2.15. The summed E-state index contributed by atoms with van der Waals surface area (Å²) >= 11 is 0. The topological polar surface area (TPSA) is 101 Å². The number of likely N-dealkylation sites (tertiary alicyclic amines) is 1. The maximum absolute atomic E-state index is 12.4. The van der Waals surface area contributed by atoms with Crippen LogP contribution in [0.3, 0.4) is 0 Å². The minimum atomic E-state index is -0.103. The molecule has 0 radical (unpaired) electrons. The Morgan fingerprint density at radius 1 is 1.19 bits per heavy atom. The van der Waals surface area contributed by atoms with E-state index in [1.165, 1.54) is 5.56 Å². The molecule has 1 saturated heterocycles. The third-order valence-electron chi connectivity index (χ3n) is 5.78. The van der Waals surface area contributed by atoms with E-state index in [-0.39, 0.29) is 18.0 Å². The van der Waals surface area contributed by atoms with Crippen molar-refractivity contribution in [3.63, 3.8) is 0 Å². The van der Waals surface area contributed by atoms with E-state index < -0.39 is 0 Å². The smallest absolute Gasteiger partial charge is 0.251 e. The molecular weight excluding hydrogens is 402 g/mol. The lowest BCUT2D eigenvalue weighted by atomic mass is 10.1. The average molecular weight is 430 g/mol. The quantitative estimate of drug-likeness (QED) is 0.506. The maximum Gasteiger partial charge on any atom is 0.251 e. The van der Waals surface area contributed by atoms with Crippen LogP contribution in [0.1, 0.15) is 36.2 Å². The van der Waals surface area contributed by atoms with Gasteiger partial charge in [-0.15, -0.1) is 10.2 Å². The van der Waals surface area contributed by atoms with Gasteiger partial charge in [-0.1, -0.05) is 18.2 Å². The Morgan fingerprint density at radius 2 is 2.03 bits per heavy atom. The van der Waals surface area contributed by atoms with Gasteiger partial charge in [0.25, 0.3) is 5.91 Å². The minimum absolute atomic E-state index is 0.0744. The zero-order valence-electron chi connectivity index (χ0n) is 18.3. The predicted molar refractivity (Wildman–Crippen MR) is 124 cm³/mol. The normalized spacial score (nSPS) is 16.9. The Morgan fingerprint density at radius 3 is 2.81 bits per heavy atom. The minimum Gasteiger partial charge on any atom is -0.350 e. The molecule has 4 heterocycles. The fourth-order valence-corrected chi connectivity index (χ4v) is 4.20. The van der Waals surface area contributed by atoms with Crippen LogP contribution in [0.25, 0.3) is 28.1 Å². The molecule has 164 valence electrons. The Hall–Kier alpha value is -3.36. The first-order valence-electron chi connectivity index (χ1n) is 11.0. The summed E-state index contributed by atoms with van der Waals surface area (Å²) in [6, 6.07) is 13.9. The number of nitrogens with zero attached hydrogens (tertiary/aromatic N) is 5. The number of nitrogens with two attached hydrogens (primary N) is 1. The molecule has 8 heteroatoms. The number of rotatable bonds is 5. The maximum atomic E-state index is 12.4. The van der Waals surface area contributed by atoms with Crippen molar-refractivity contribution < 1.29 is 4.79 Å². The number of carbonyl (C=O) groups excluding carboxylic acids is 1. The largest absolute Gasteiger partial charge is 0.350 e. The summed E-state index contributed by atoms with van der Waals surface area (Å²) in [5.41, 5.74) is 10.1. The summed E-state index contributed by atoms with van der Waals surface area (Å²) in [6.45, 7) is 6.68. The lowest BCUT2D eigenvalue weighted by Crippen LogP contribution is -2.29. The van der Waals surface area contributed by atoms with Crippen molar-refractivity contribution in [3.8, 4) is 11.5 Å². The van der Waals surface area contributed by atoms with Crippen molar-refractivity contribution in [2.45, 2.75) is 38.9 Å². The number of aromatic nitrogens is 4. The third kappa shape index (κ3) is 4.06. The first-order valence-corrected chi connectivity index (χ1v) is 11.0. The molecule has 0 saturated carbocycles. The monoisotopic (exact) mass is 429 g/mol. The van der Waals surface area contributed by atoms with Gasteiger partial charge >= 0.3 is 0 Å². The SMILES string of the molecule is CC(C)NC(=O)c1ccc2ccc(-c3nnc4ccc(CN5CCC(N)C5)cn34)nc2c1. The van der Waals surface area contributed by atoms with Crippen LogP contribution in [0.15, 0.2) is 48.7 Å². The van der Waals surface area contributed by atoms with Gasteiger partial charge in [-0.25, -0.2) is 4.98 Å². The van der Waals surface area contributed by atoms with Crippen LogP contribution in [0.4, 0.5) is 0 Å². The van der Waals surface area contributed by atoms with Gasteiger partial charge in [0.2, 0.25) is 0 Å². The second kappa shape index (κ2) is 8.29.